The first kappa shape index (κ1) is 24.3. The van der Waals surface area contributed by atoms with Crippen LogP contribution in [0.4, 0.5) is 0 Å². The Bertz CT molecular complexity index is 1170. The standard InChI is InChI=1S/C26H22Cl2N2O3/c1-17(2)20(13-11-18-12-14-21(27)22(28)15-18)26(31)33-24(16-29)23-9-6-10-25(30-23)32-19-7-4-3-5-8-19/h3-15,17,20,24H,1-2H3. The number of carbonyl (C=O) groups excluding carboxylic acids is 1. The van der Waals surface area contributed by atoms with Crippen LogP contribution in [0.1, 0.15) is 31.2 Å². The van der Waals surface area contributed by atoms with Crippen molar-refractivity contribution in [1.82, 2.24) is 4.98 Å². The van der Waals surface area contributed by atoms with Crippen LogP contribution in [0.25, 0.3) is 6.08 Å². The van der Waals surface area contributed by atoms with Gasteiger partial charge in [0.25, 0.3) is 0 Å². The minimum atomic E-state index is -1.17. The summed E-state index contributed by atoms with van der Waals surface area (Å²) in [7, 11) is 0. The number of nitrogens with zero attached hydrogens (tertiary/aromatic N) is 2. The minimum absolute atomic E-state index is 0.0587. The van der Waals surface area contributed by atoms with Gasteiger partial charge in [0, 0.05) is 6.07 Å². The first-order chi connectivity index (χ1) is 15.9. The van der Waals surface area contributed by atoms with Crippen LogP contribution in [-0.2, 0) is 9.53 Å². The van der Waals surface area contributed by atoms with E-state index < -0.39 is 18.0 Å². The Morgan fingerprint density at radius 3 is 2.45 bits per heavy atom. The third-order valence-electron chi connectivity index (χ3n) is 4.76. The fraction of sp³-hybridized carbons (Fsp3) is 0.192. The molecule has 0 amide bonds. The van der Waals surface area contributed by atoms with Crippen molar-refractivity contribution in [1.29, 1.82) is 5.26 Å². The molecule has 7 heteroatoms. The summed E-state index contributed by atoms with van der Waals surface area (Å²) in [6.07, 6.45) is 2.35. The molecule has 0 spiro atoms. The van der Waals surface area contributed by atoms with Crippen molar-refractivity contribution in [2.45, 2.75) is 20.0 Å². The molecule has 0 aliphatic carbocycles. The van der Waals surface area contributed by atoms with Crippen LogP contribution in [0, 0.1) is 23.2 Å². The van der Waals surface area contributed by atoms with E-state index in [4.69, 9.17) is 32.7 Å². The Labute approximate surface area is 203 Å². The number of carbonyl (C=O) groups is 1. The first-order valence-electron chi connectivity index (χ1n) is 10.3. The van der Waals surface area contributed by atoms with Crippen molar-refractivity contribution >= 4 is 35.2 Å². The molecule has 0 fully saturated rings. The smallest absolute Gasteiger partial charge is 0.314 e. The van der Waals surface area contributed by atoms with Gasteiger partial charge in [-0.2, -0.15) is 5.26 Å². The molecule has 0 saturated heterocycles. The molecular formula is C26H22Cl2N2O3. The maximum absolute atomic E-state index is 12.9. The Morgan fingerprint density at radius 1 is 1.03 bits per heavy atom. The highest BCUT2D eigenvalue weighted by atomic mass is 35.5. The number of rotatable bonds is 8. The normalized spacial score (nSPS) is 12.8. The fourth-order valence-electron chi connectivity index (χ4n) is 2.99. The zero-order valence-electron chi connectivity index (χ0n) is 18.1. The molecule has 2 atom stereocenters. The number of ether oxygens (including phenoxy) is 2. The summed E-state index contributed by atoms with van der Waals surface area (Å²) >= 11 is 12.0. The van der Waals surface area contributed by atoms with Gasteiger partial charge in [-0.25, -0.2) is 4.98 Å². The molecule has 5 nitrogen and oxygen atoms in total. The number of nitriles is 1. The molecule has 0 radical (unpaired) electrons. The lowest BCUT2D eigenvalue weighted by Crippen LogP contribution is -2.23. The SMILES string of the molecule is CC(C)C(C=Cc1ccc(Cl)c(Cl)c1)C(=O)OC(C#N)c1cccc(Oc2ccccc2)n1. The Balaban J connectivity index is 1.74. The van der Waals surface area contributed by atoms with E-state index in [-0.39, 0.29) is 11.6 Å². The van der Waals surface area contributed by atoms with Gasteiger partial charge in [0.1, 0.15) is 11.8 Å². The Hall–Kier alpha value is -3.33. The van der Waals surface area contributed by atoms with Gasteiger partial charge < -0.3 is 9.47 Å². The van der Waals surface area contributed by atoms with E-state index in [1.165, 1.54) is 0 Å². The summed E-state index contributed by atoms with van der Waals surface area (Å²) in [6, 6.07) is 21.3. The lowest BCUT2D eigenvalue weighted by atomic mass is 9.94. The van der Waals surface area contributed by atoms with Crippen LogP contribution < -0.4 is 4.74 Å². The maximum atomic E-state index is 12.9. The molecule has 0 N–H and O–H groups in total. The van der Waals surface area contributed by atoms with E-state index in [9.17, 15) is 10.1 Å². The van der Waals surface area contributed by atoms with Crippen molar-refractivity contribution in [3.05, 3.63) is 94.1 Å². The van der Waals surface area contributed by atoms with E-state index in [0.717, 1.165) is 5.56 Å². The Kier molecular flexibility index (Phi) is 8.48. The number of para-hydroxylation sites is 1. The molecule has 1 aromatic heterocycles. The van der Waals surface area contributed by atoms with E-state index >= 15 is 0 Å². The molecule has 0 aliphatic rings. The highest BCUT2D eigenvalue weighted by Gasteiger charge is 2.26. The van der Waals surface area contributed by atoms with Gasteiger partial charge in [-0.3, -0.25) is 4.79 Å². The Morgan fingerprint density at radius 2 is 1.79 bits per heavy atom. The summed E-state index contributed by atoms with van der Waals surface area (Å²) in [4.78, 5) is 17.3. The summed E-state index contributed by atoms with van der Waals surface area (Å²) in [5.41, 5.74) is 1.09. The van der Waals surface area contributed by atoms with Crippen LogP contribution in [0.2, 0.25) is 10.0 Å². The summed E-state index contributed by atoms with van der Waals surface area (Å²) < 4.78 is 11.2. The first-order valence-corrected chi connectivity index (χ1v) is 11.1. The molecule has 3 aromatic rings. The molecular weight excluding hydrogens is 459 g/mol. The van der Waals surface area contributed by atoms with Crippen molar-refractivity contribution in [3.8, 4) is 17.7 Å². The zero-order valence-corrected chi connectivity index (χ0v) is 19.6. The van der Waals surface area contributed by atoms with Crippen LogP contribution >= 0.6 is 23.2 Å². The average Bonchev–Trinajstić information content (AvgIpc) is 2.80. The number of pyridine rings is 1. The lowest BCUT2D eigenvalue weighted by Gasteiger charge is -2.18. The number of esters is 1. The molecule has 3 rings (SSSR count). The van der Waals surface area contributed by atoms with Gasteiger partial charge in [0.05, 0.1) is 21.7 Å². The maximum Gasteiger partial charge on any atom is 0.314 e. The number of benzene rings is 2. The van der Waals surface area contributed by atoms with Crippen LogP contribution in [-0.4, -0.2) is 11.0 Å². The fourth-order valence-corrected chi connectivity index (χ4v) is 3.30. The van der Waals surface area contributed by atoms with Crippen LogP contribution in [0.3, 0.4) is 0 Å². The van der Waals surface area contributed by atoms with Crippen molar-refractivity contribution in [3.63, 3.8) is 0 Å². The van der Waals surface area contributed by atoms with E-state index in [0.29, 0.717) is 21.7 Å². The lowest BCUT2D eigenvalue weighted by molar-refractivity contribution is -0.151. The molecule has 0 saturated carbocycles. The third kappa shape index (κ3) is 6.82. The van der Waals surface area contributed by atoms with Gasteiger partial charge in [-0.15, -0.1) is 0 Å². The average molecular weight is 481 g/mol. The van der Waals surface area contributed by atoms with E-state index in [2.05, 4.69) is 4.98 Å². The van der Waals surface area contributed by atoms with E-state index in [1.54, 1.807) is 60.7 Å². The van der Waals surface area contributed by atoms with Gasteiger partial charge in [-0.05, 0) is 41.8 Å². The second-order valence-corrected chi connectivity index (χ2v) is 8.38. The van der Waals surface area contributed by atoms with Crippen LogP contribution in [0.5, 0.6) is 11.6 Å². The monoisotopic (exact) mass is 480 g/mol. The summed E-state index contributed by atoms with van der Waals surface area (Å²) in [5.74, 6) is -0.241. The quantitative estimate of drug-likeness (QED) is 0.316. The van der Waals surface area contributed by atoms with Gasteiger partial charge in [-0.1, -0.05) is 79.5 Å². The van der Waals surface area contributed by atoms with Gasteiger partial charge in [0.2, 0.25) is 12.0 Å². The second-order valence-electron chi connectivity index (χ2n) is 7.56. The molecule has 0 bridgehead atoms. The van der Waals surface area contributed by atoms with Gasteiger partial charge in [0.15, 0.2) is 0 Å². The van der Waals surface area contributed by atoms with Crippen LogP contribution in [0.15, 0.2) is 72.8 Å². The predicted octanol–water partition coefficient (Wildman–Crippen LogP) is 7.27. The predicted molar refractivity (Wildman–Crippen MR) is 129 cm³/mol. The van der Waals surface area contributed by atoms with Crippen molar-refractivity contribution in [2.75, 3.05) is 0 Å². The number of aromatic nitrogens is 1. The highest BCUT2D eigenvalue weighted by molar-refractivity contribution is 6.42. The topological polar surface area (TPSA) is 72.2 Å². The number of hydrogen-bond acceptors (Lipinski definition) is 5. The largest absolute Gasteiger partial charge is 0.440 e. The van der Waals surface area contributed by atoms with Gasteiger partial charge >= 0.3 is 5.97 Å². The van der Waals surface area contributed by atoms with Crippen molar-refractivity contribution < 1.29 is 14.3 Å². The summed E-state index contributed by atoms with van der Waals surface area (Å²) in [5, 5.41) is 10.5. The third-order valence-corrected chi connectivity index (χ3v) is 5.50. The molecule has 168 valence electrons. The molecule has 2 aromatic carbocycles. The van der Waals surface area contributed by atoms with Crippen molar-refractivity contribution in [2.24, 2.45) is 11.8 Å². The molecule has 33 heavy (non-hydrogen) atoms. The number of halogens is 2. The minimum Gasteiger partial charge on any atom is -0.440 e. The van der Waals surface area contributed by atoms with E-state index in [1.807, 2.05) is 38.1 Å². The highest BCUT2D eigenvalue weighted by Crippen LogP contribution is 2.26. The number of hydrogen-bond donors (Lipinski definition) is 0. The second kappa shape index (κ2) is 11.5. The molecule has 0 aliphatic heterocycles. The summed E-state index contributed by atoms with van der Waals surface area (Å²) in [6.45, 7) is 3.80. The molecule has 1 heterocycles. The zero-order chi connectivity index (χ0) is 23.8. The molecule has 2 unspecified atom stereocenters.